The van der Waals surface area contributed by atoms with E-state index in [0.717, 1.165) is 38.2 Å². The van der Waals surface area contributed by atoms with Crippen LogP contribution in [0.25, 0.3) is 0 Å². The van der Waals surface area contributed by atoms with E-state index in [1.165, 1.54) is 4.68 Å². The van der Waals surface area contributed by atoms with Gasteiger partial charge < -0.3 is 19.8 Å². The molecule has 2 saturated heterocycles. The van der Waals surface area contributed by atoms with Crippen molar-refractivity contribution in [3.63, 3.8) is 0 Å². The predicted octanol–water partition coefficient (Wildman–Crippen LogP) is 1.69. The Morgan fingerprint density at radius 3 is 2.61 bits per heavy atom. The van der Waals surface area contributed by atoms with Crippen molar-refractivity contribution in [3.05, 3.63) is 22.6 Å². The van der Waals surface area contributed by atoms with Gasteiger partial charge in [-0.1, -0.05) is 0 Å². The van der Waals surface area contributed by atoms with Gasteiger partial charge in [-0.2, -0.15) is 5.10 Å². The number of hydrogen-bond donors (Lipinski definition) is 1. The zero-order valence-corrected chi connectivity index (χ0v) is 17.3. The summed E-state index contributed by atoms with van der Waals surface area (Å²) in [4.78, 5) is 31.4. The molecule has 0 saturated carbocycles. The Hall–Kier alpha value is -2.09. The molecule has 2 aliphatic heterocycles. The molecule has 0 radical (unpaired) electrons. The number of hydrogen-bond acceptors (Lipinski definition) is 5. The Bertz CT molecular complexity index is 727. The molecule has 3 heterocycles. The van der Waals surface area contributed by atoms with E-state index in [1.54, 1.807) is 12.3 Å². The van der Waals surface area contributed by atoms with Gasteiger partial charge in [-0.15, -0.1) is 0 Å². The highest BCUT2D eigenvalue weighted by Gasteiger charge is 2.29. The number of aliphatic hydroxyl groups is 1. The van der Waals surface area contributed by atoms with Gasteiger partial charge >= 0.3 is 6.03 Å². The average molecular weight is 392 g/mol. The molecule has 156 valence electrons. The van der Waals surface area contributed by atoms with Crippen LogP contribution in [-0.4, -0.2) is 75.6 Å². The largest absolute Gasteiger partial charge is 0.393 e. The topological polar surface area (TPSA) is 81.9 Å². The highest BCUT2D eigenvalue weighted by atomic mass is 16.3. The summed E-state index contributed by atoms with van der Waals surface area (Å²) >= 11 is 0. The second-order valence-corrected chi connectivity index (χ2v) is 8.12. The van der Waals surface area contributed by atoms with E-state index >= 15 is 0 Å². The fourth-order valence-corrected chi connectivity index (χ4v) is 4.21. The molecule has 3 rings (SSSR count). The average Bonchev–Trinajstić information content (AvgIpc) is 2.68. The smallest absolute Gasteiger partial charge is 0.320 e. The van der Waals surface area contributed by atoms with E-state index < -0.39 is 0 Å². The lowest BCUT2D eigenvalue weighted by Crippen LogP contribution is -2.51. The molecule has 1 aromatic heterocycles. The van der Waals surface area contributed by atoms with Crippen LogP contribution in [0.3, 0.4) is 0 Å². The fourth-order valence-electron chi connectivity index (χ4n) is 4.21. The number of piperidine rings is 2. The van der Waals surface area contributed by atoms with Crippen molar-refractivity contribution in [2.24, 2.45) is 0 Å². The van der Waals surface area contributed by atoms with E-state index in [-0.39, 0.29) is 29.8 Å². The van der Waals surface area contributed by atoms with Crippen LogP contribution in [0.15, 0.2) is 17.1 Å². The lowest BCUT2D eigenvalue weighted by atomic mass is 10.1. The summed E-state index contributed by atoms with van der Waals surface area (Å²) in [5.41, 5.74) is 0.688. The third-order valence-electron chi connectivity index (χ3n) is 5.86. The number of carbonyl (C=O) groups excluding carboxylic acids is 1. The number of aromatic nitrogens is 2. The Morgan fingerprint density at radius 1 is 1.29 bits per heavy atom. The number of nitrogens with zero attached hydrogens (tertiary/aromatic N) is 5. The first kappa shape index (κ1) is 20.6. The number of amides is 2. The molecular formula is C20H33N5O3. The molecule has 2 aliphatic rings. The first-order valence-corrected chi connectivity index (χ1v) is 10.5. The van der Waals surface area contributed by atoms with Gasteiger partial charge in [0.25, 0.3) is 5.56 Å². The van der Waals surface area contributed by atoms with Crippen molar-refractivity contribution in [1.29, 1.82) is 0 Å². The minimum atomic E-state index is -0.246. The maximum absolute atomic E-state index is 12.8. The van der Waals surface area contributed by atoms with E-state index in [4.69, 9.17) is 0 Å². The van der Waals surface area contributed by atoms with Crippen molar-refractivity contribution in [2.75, 3.05) is 37.6 Å². The highest BCUT2D eigenvalue weighted by molar-refractivity contribution is 5.74. The summed E-state index contributed by atoms with van der Waals surface area (Å²) in [5, 5.41) is 14.1. The first-order valence-electron chi connectivity index (χ1n) is 10.5. The van der Waals surface area contributed by atoms with Gasteiger partial charge in [-0.3, -0.25) is 4.79 Å². The van der Waals surface area contributed by atoms with Crippen molar-refractivity contribution in [3.8, 4) is 0 Å². The van der Waals surface area contributed by atoms with Gasteiger partial charge in [0, 0.05) is 44.8 Å². The molecule has 0 spiro atoms. The van der Waals surface area contributed by atoms with Crippen LogP contribution in [0.1, 0.15) is 52.5 Å². The zero-order chi connectivity index (χ0) is 20.3. The molecule has 2 fully saturated rings. The van der Waals surface area contributed by atoms with Gasteiger partial charge in [0.05, 0.1) is 24.0 Å². The van der Waals surface area contributed by atoms with Crippen molar-refractivity contribution >= 4 is 11.7 Å². The molecule has 1 N–H and O–H groups in total. The number of aliphatic hydroxyl groups excluding tert-OH is 1. The lowest BCUT2D eigenvalue weighted by molar-refractivity contribution is 0.118. The van der Waals surface area contributed by atoms with Crippen molar-refractivity contribution in [2.45, 2.75) is 64.6 Å². The van der Waals surface area contributed by atoms with Crippen LogP contribution in [-0.2, 0) is 0 Å². The Balaban J connectivity index is 1.71. The van der Waals surface area contributed by atoms with E-state index in [9.17, 15) is 14.7 Å². The highest BCUT2D eigenvalue weighted by Crippen LogP contribution is 2.22. The van der Waals surface area contributed by atoms with Gasteiger partial charge in [-0.05, 0) is 46.5 Å². The summed E-state index contributed by atoms with van der Waals surface area (Å²) in [6.45, 7) is 9.42. The van der Waals surface area contributed by atoms with Crippen LogP contribution in [0.4, 0.5) is 10.5 Å². The van der Waals surface area contributed by atoms with Crippen molar-refractivity contribution < 1.29 is 9.90 Å². The van der Waals surface area contributed by atoms with Gasteiger partial charge in [0.15, 0.2) is 0 Å². The summed E-state index contributed by atoms with van der Waals surface area (Å²) in [6.07, 6.45) is 4.64. The summed E-state index contributed by atoms with van der Waals surface area (Å²) < 4.78 is 1.54. The number of anilines is 1. The molecule has 0 bridgehead atoms. The molecule has 8 heteroatoms. The Morgan fingerprint density at radius 2 is 2.00 bits per heavy atom. The second-order valence-electron chi connectivity index (χ2n) is 8.12. The normalized spacial score (nSPS) is 21.2. The molecule has 0 aromatic carbocycles. The molecular weight excluding hydrogens is 358 g/mol. The van der Waals surface area contributed by atoms with E-state index in [1.807, 2.05) is 30.6 Å². The molecule has 2 amide bonds. The SMILES string of the molecule is CCN(C(=O)N1CCC[C@@H](n2ncc(N3CCC(O)CC3)cc2=O)C1)C(C)C. The van der Waals surface area contributed by atoms with Crippen molar-refractivity contribution in [1.82, 2.24) is 19.6 Å². The number of carbonyl (C=O) groups is 1. The predicted molar refractivity (Wildman–Crippen MR) is 109 cm³/mol. The van der Waals surface area contributed by atoms with Gasteiger partial charge in [0.2, 0.25) is 0 Å². The van der Waals surface area contributed by atoms with Crippen LogP contribution in [0, 0.1) is 0 Å². The number of urea groups is 1. The molecule has 0 unspecified atom stereocenters. The number of likely N-dealkylation sites (tertiary alicyclic amines) is 1. The van der Waals surface area contributed by atoms with Crippen LogP contribution in [0.5, 0.6) is 0 Å². The maximum Gasteiger partial charge on any atom is 0.320 e. The second kappa shape index (κ2) is 8.94. The molecule has 1 aromatic rings. The summed E-state index contributed by atoms with van der Waals surface area (Å²) in [5.74, 6) is 0. The third-order valence-corrected chi connectivity index (χ3v) is 5.86. The van der Waals surface area contributed by atoms with Gasteiger partial charge in [0.1, 0.15) is 0 Å². The Kier molecular flexibility index (Phi) is 6.59. The minimum absolute atomic E-state index is 0.0405. The minimum Gasteiger partial charge on any atom is -0.393 e. The van der Waals surface area contributed by atoms with Crippen LogP contribution in [0.2, 0.25) is 0 Å². The standard InChI is InChI=1S/C20H33N5O3/c1-4-24(15(2)3)20(28)23-9-5-6-16(14-23)25-19(27)12-17(13-21-25)22-10-7-18(26)8-11-22/h12-13,15-16,18,26H,4-11,14H2,1-3H3/t16-/m1/s1. The van der Waals surface area contributed by atoms with Gasteiger partial charge in [-0.25, -0.2) is 9.48 Å². The first-order chi connectivity index (χ1) is 13.4. The Labute approximate surface area is 166 Å². The quantitative estimate of drug-likeness (QED) is 0.845. The fraction of sp³-hybridized carbons (Fsp3) is 0.750. The zero-order valence-electron chi connectivity index (χ0n) is 17.3. The van der Waals surface area contributed by atoms with E-state index in [2.05, 4.69) is 10.00 Å². The van der Waals surface area contributed by atoms with Crippen LogP contribution >= 0.6 is 0 Å². The summed E-state index contributed by atoms with van der Waals surface area (Å²) in [6, 6.07) is 1.74. The molecule has 1 atom stereocenters. The third kappa shape index (κ3) is 4.48. The molecule has 0 aliphatic carbocycles. The molecule has 8 nitrogen and oxygen atoms in total. The monoisotopic (exact) mass is 391 g/mol. The van der Waals surface area contributed by atoms with Crippen LogP contribution < -0.4 is 10.5 Å². The number of rotatable bonds is 4. The lowest BCUT2D eigenvalue weighted by Gasteiger charge is -2.37. The maximum atomic E-state index is 12.8. The van der Waals surface area contributed by atoms with E-state index in [0.29, 0.717) is 25.9 Å². The molecule has 28 heavy (non-hydrogen) atoms. The summed E-state index contributed by atoms with van der Waals surface area (Å²) in [7, 11) is 0.